The first-order valence-electron chi connectivity index (χ1n) is 9.31. The maximum atomic E-state index is 11.8. The van der Waals surface area contributed by atoms with Crippen molar-refractivity contribution in [3.63, 3.8) is 0 Å². The van der Waals surface area contributed by atoms with Gasteiger partial charge in [-0.25, -0.2) is 0 Å². The van der Waals surface area contributed by atoms with Crippen LogP contribution in [0, 0.1) is 0 Å². The predicted octanol–water partition coefficient (Wildman–Crippen LogP) is 3.61. The van der Waals surface area contributed by atoms with E-state index in [1.165, 1.54) is 0 Å². The van der Waals surface area contributed by atoms with E-state index < -0.39 is 0 Å². The molecular weight excluding hydrogens is 324 g/mol. The Morgan fingerprint density at radius 1 is 0.692 bits per heavy atom. The second-order valence-electron chi connectivity index (χ2n) is 6.95. The third kappa shape index (κ3) is 4.51. The minimum Gasteiger partial charge on any atom is -0.336 e. The molecule has 2 atom stereocenters. The molecule has 2 aromatic rings. The first-order chi connectivity index (χ1) is 12.8. The first-order valence-corrected chi connectivity index (χ1v) is 9.31. The van der Waals surface area contributed by atoms with Crippen molar-refractivity contribution in [2.24, 2.45) is 0 Å². The van der Waals surface area contributed by atoms with Gasteiger partial charge in [0, 0.05) is 13.1 Å². The van der Waals surface area contributed by atoms with Crippen LogP contribution in [0.15, 0.2) is 60.7 Å². The van der Waals surface area contributed by atoms with Crippen molar-refractivity contribution in [2.75, 3.05) is 0 Å². The lowest BCUT2D eigenvalue weighted by atomic mass is 9.88. The molecule has 26 heavy (non-hydrogen) atoms. The Kier molecular flexibility index (Phi) is 6.42. The number of nitrogens with zero attached hydrogens (tertiary/aromatic N) is 2. The van der Waals surface area contributed by atoms with Gasteiger partial charge in [-0.3, -0.25) is 9.59 Å². The van der Waals surface area contributed by atoms with Crippen molar-refractivity contribution in [1.29, 1.82) is 0 Å². The summed E-state index contributed by atoms with van der Waals surface area (Å²) < 4.78 is 0. The lowest BCUT2D eigenvalue weighted by Crippen LogP contribution is -2.52. The van der Waals surface area contributed by atoms with Crippen molar-refractivity contribution in [1.82, 2.24) is 9.80 Å². The zero-order valence-corrected chi connectivity index (χ0v) is 15.0. The van der Waals surface area contributed by atoms with Crippen LogP contribution in [0.2, 0.25) is 0 Å². The Balaban J connectivity index is 1.76. The monoisotopic (exact) mass is 350 g/mol. The van der Waals surface area contributed by atoms with Crippen LogP contribution >= 0.6 is 0 Å². The lowest BCUT2D eigenvalue weighted by Gasteiger charge is -2.42. The van der Waals surface area contributed by atoms with Crippen LogP contribution in [0.5, 0.6) is 0 Å². The van der Waals surface area contributed by atoms with E-state index >= 15 is 0 Å². The van der Waals surface area contributed by atoms with Crippen LogP contribution < -0.4 is 0 Å². The van der Waals surface area contributed by atoms with E-state index in [4.69, 9.17) is 0 Å². The third-order valence-electron chi connectivity index (χ3n) is 5.23. The summed E-state index contributed by atoms with van der Waals surface area (Å²) in [4.78, 5) is 27.4. The molecule has 0 bridgehead atoms. The quantitative estimate of drug-likeness (QED) is 0.682. The molecule has 0 saturated heterocycles. The maximum Gasteiger partial charge on any atom is 0.210 e. The van der Waals surface area contributed by atoms with Crippen LogP contribution in [-0.2, 0) is 22.7 Å². The van der Waals surface area contributed by atoms with Crippen LogP contribution in [0.1, 0.15) is 36.8 Å². The predicted molar refractivity (Wildman–Crippen MR) is 102 cm³/mol. The van der Waals surface area contributed by atoms with Crippen LogP contribution in [-0.4, -0.2) is 34.7 Å². The second-order valence-corrected chi connectivity index (χ2v) is 6.95. The number of carbonyl (C=O) groups is 2. The smallest absolute Gasteiger partial charge is 0.210 e. The third-order valence-corrected chi connectivity index (χ3v) is 5.23. The highest BCUT2D eigenvalue weighted by Gasteiger charge is 2.33. The standard InChI is InChI=1S/C22H26N2O2/c25-17-23(15-19-9-3-1-4-10-19)21-13-7-8-14-22(21)24(18-26)16-20-11-5-2-6-12-20/h1-6,9-12,17-18,21-22H,7-8,13-16H2/t21-,22-/m1/s1. The molecule has 3 rings (SSSR count). The summed E-state index contributed by atoms with van der Waals surface area (Å²) in [5, 5.41) is 0. The number of amides is 2. The van der Waals surface area contributed by atoms with E-state index in [1.807, 2.05) is 70.5 Å². The van der Waals surface area contributed by atoms with E-state index in [0.29, 0.717) is 13.1 Å². The Labute approximate surface area is 155 Å². The maximum absolute atomic E-state index is 11.8. The average molecular weight is 350 g/mol. The van der Waals surface area contributed by atoms with Crippen LogP contribution in [0.25, 0.3) is 0 Å². The van der Waals surface area contributed by atoms with E-state index in [1.54, 1.807) is 0 Å². The van der Waals surface area contributed by atoms with Gasteiger partial charge in [-0.15, -0.1) is 0 Å². The number of hydrogen-bond acceptors (Lipinski definition) is 2. The highest BCUT2D eigenvalue weighted by molar-refractivity contribution is 5.51. The summed E-state index contributed by atoms with van der Waals surface area (Å²) in [5.74, 6) is 0. The molecule has 136 valence electrons. The molecule has 0 radical (unpaired) electrons. The van der Waals surface area contributed by atoms with Gasteiger partial charge in [-0.1, -0.05) is 73.5 Å². The minimum atomic E-state index is 0.0652. The van der Waals surface area contributed by atoms with E-state index in [0.717, 1.165) is 49.6 Å². The SMILES string of the molecule is O=CN(Cc1ccccc1)[C@@H]1CCCC[C@H]1N(C=O)Cc1ccccc1. The summed E-state index contributed by atoms with van der Waals surface area (Å²) in [6, 6.07) is 20.2. The topological polar surface area (TPSA) is 40.6 Å². The molecule has 2 amide bonds. The molecule has 0 N–H and O–H groups in total. The van der Waals surface area contributed by atoms with Crippen LogP contribution in [0.4, 0.5) is 0 Å². The molecule has 1 fully saturated rings. The van der Waals surface area contributed by atoms with E-state index in [9.17, 15) is 9.59 Å². The molecule has 4 nitrogen and oxygen atoms in total. The molecule has 0 unspecified atom stereocenters. The Hall–Kier alpha value is -2.62. The number of carbonyl (C=O) groups excluding carboxylic acids is 2. The van der Waals surface area contributed by atoms with Gasteiger partial charge in [0.15, 0.2) is 0 Å². The molecule has 1 aliphatic carbocycles. The summed E-state index contributed by atoms with van der Waals surface area (Å²) in [5.41, 5.74) is 2.23. The van der Waals surface area contributed by atoms with Gasteiger partial charge in [0.25, 0.3) is 0 Å². The Morgan fingerprint density at radius 2 is 1.08 bits per heavy atom. The molecule has 1 aliphatic rings. The Morgan fingerprint density at radius 3 is 1.42 bits per heavy atom. The van der Waals surface area contributed by atoms with Crippen LogP contribution in [0.3, 0.4) is 0 Å². The molecule has 0 aliphatic heterocycles. The lowest BCUT2D eigenvalue weighted by molar-refractivity contribution is -0.129. The minimum absolute atomic E-state index is 0.0652. The fraction of sp³-hybridized carbons (Fsp3) is 0.364. The number of benzene rings is 2. The zero-order valence-electron chi connectivity index (χ0n) is 15.0. The summed E-state index contributed by atoms with van der Waals surface area (Å²) >= 11 is 0. The summed E-state index contributed by atoms with van der Waals surface area (Å²) in [7, 11) is 0. The molecule has 0 aromatic heterocycles. The second kappa shape index (κ2) is 9.18. The molecule has 4 heteroatoms. The average Bonchev–Trinajstić information content (AvgIpc) is 2.72. The zero-order chi connectivity index (χ0) is 18.2. The van der Waals surface area contributed by atoms with Gasteiger partial charge < -0.3 is 9.80 Å². The molecular formula is C22H26N2O2. The van der Waals surface area contributed by atoms with Crippen molar-refractivity contribution in [3.8, 4) is 0 Å². The summed E-state index contributed by atoms with van der Waals surface area (Å²) in [6.07, 6.45) is 5.96. The van der Waals surface area contributed by atoms with Gasteiger partial charge in [0.05, 0.1) is 12.1 Å². The van der Waals surface area contributed by atoms with Crippen molar-refractivity contribution in [3.05, 3.63) is 71.8 Å². The fourth-order valence-corrected chi connectivity index (χ4v) is 3.92. The molecule has 1 saturated carbocycles. The number of hydrogen-bond donors (Lipinski definition) is 0. The van der Waals surface area contributed by atoms with Crippen molar-refractivity contribution < 1.29 is 9.59 Å². The fourth-order valence-electron chi connectivity index (χ4n) is 3.92. The van der Waals surface area contributed by atoms with Gasteiger partial charge in [-0.05, 0) is 24.0 Å². The van der Waals surface area contributed by atoms with E-state index in [2.05, 4.69) is 0 Å². The van der Waals surface area contributed by atoms with Gasteiger partial charge in [0.2, 0.25) is 12.8 Å². The number of rotatable bonds is 8. The normalized spacial score (nSPS) is 19.5. The van der Waals surface area contributed by atoms with Gasteiger partial charge >= 0.3 is 0 Å². The highest BCUT2D eigenvalue weighted by atomic mass is 16.1. The Bertz CT molecular complexity index is 628. The first kappa shape index (κ1) is 18.2. The highest BCUT2D eigenvalue weighted by Crippen LogP contribution is 2.28. The van der Waals surface area contributed by atoms with Crippen molar-refractivity contribution >= 4 is 12.8 Å². The molecule has 0 heterocycles. The molecule has 0 spiro atoms. The van der Waals surface area contributed by atoms with Gasteiger partial charge in [0.1, 0.15) is 0 Å². The largest absolute Gasteiger partial charge is 0.336 e. The van der Waals surface area contributed by atoms with E-state index in [-0.39, 0.29) is 12.1 Å². The van der Waals surface area contributed by atoms with Crippen molar-refractivity contribution in [2.45, 2.75) is 50.9 Å². The molecule has 2 aromatic carbocycles. The summed E-state index contributed by atoms with van der Waals surface area (Å²) in [6.45, 7) is 1.17. The van der Waals surface area contributed by atoms with Gasteiger partial charge in [-0.2, -0.15) is 0 Å².